The van der Waals surface area contributed by atoms with Crippen molar-refractivity contribution in [3.05, 3.63) is 53.9 Å². The predicted molar refractivity (Wildman–Crippen MR) is 108 cm³/mol. The summed E-state index contributed by atoms with van der Waals surface area (Å²) >= 11 is 0. The summed E-state index contributed by atoms with van der Waals surface area (Å²) in [6.45, 7) is 6.28. The fraction of sp³-hybridized carbons (Fsp3) is 0.400. The Bertz CT molecular complexity index is 949. The highest BCUT2D eigenvalue weighted by Crippen LogP contribution is 2.29. The predicted octanol–water partition coefficient (Wildman–Crippen LogP) is 3.23. The lowest BCUT2D eigenvalue weighted by Gasteiger charge is -2.23. The van der Waals surface area contributed by atoms with Crippen LogP contribution in [-0.2, 0) is 15.3 Å². The first-order valence-corrected chi connectivity index (χ1v) is 10.8. The quantitative estimate of drug-likeness (QED) is 0.841. The summed E-state index contributed by atoms with van der Waals surface area (Å²) in [4.78, 5) is 16.8. The van der Waals surface area contributed by atoms with Crippen LogP contribution in [0.3, 0.4) is 0 Å². The molecular weight excluding hydrogens is 362 g/mol. The van der Waals surface area contributed by atoms with E-state index in [-0.39, 0.29) is 34.6 Å². The summed E-state index contributed by atoms with van der Waals surface area (Å²) in [5, 5.41) is 6.13. The second kappa shape index (κ2) is 7.31. The lowest BCUT2D eigenvalue weighted by molar-refractivity contribution is 0.102. The molecule has 27 heavy (non-hydrogen) atoms. The Kier molecular flexibility index (Phi) is 5.24. The zero-order chi connectivity index (χ0) is 19.7. The Morgan fingerprint density at radius 1 is 1.19 bits per heavy atom. The van der Waals surface area contributed by atoms with Gasteiger partial charge in [0.1, 0.15) is 5.69 Å². The molecule has 0 saturated carbocycles. The number of nitrogens with one attached hydrogen (secondary N) is 2. The molecule has 1 saturated heterocycles. The number of carbonyl (C=O) groups is 1. The smallest absolute Gasteiger partial charge is 0.274 e. The number of carbonyl (C=O) groups excluding carboxylic acids is 1. The molecule has 1 amide bonds. The molecule has 1 fully saturated rings. The lowest BCUT2D eigenvalue weighted by atomic mass is 9.86. The van der Waals surface area contributed by atoms with Crippen molar-refractivity contribution < 1.29 is 13.2 Å². The van der Waals surface area contributed by atoms with Crippen molar-refractivity contribution >= 4 is 27.1 Å². The zero-order valence-electron chi connectivity index (χ0n) is 15.8. The first-order chi connectivity index (χ1) is 12.6. The third-order valence-corrected chi connectivity index (χ3v) is 6.35. The van der Waals surface area contributed by atoms with E-state index < -0.39 is 9.84 Å². The maximum absolute atomic E-state index is 12.7. The molecule has 1 aliphatic heterocycles. The summed E-state index contributed by atoms with van der Waals surface area (Å²) < 4.78 is 23.2. The van der Waals surface area contributed by atoms with E-state index in [1.807, 2.05) is 24.3 Å². The third kappa shape index (κ3) is 4.86. The maximum Gasteiger partial charge on any atom is 0.274 e. The molecule has 1 aliphatic rings. The van der Waals surface area contributed by atoms with Crippen LogP contribution in [0.4, 0.5) is 11.4 Å². The number of para-hydroxylation sites is 1. The van der Waals surface area contributed by atoms with Crippen LogP contribution < -0.4 is 10.6 Å². The van der Waals surface area contributed by atoms with Gasteiger partial charge in [-0.05, 0) is 35.6 Å². The van der Waals surface area contributed by atoms with Gasteiger partial charge < -0.3 is 10.6 Å². The summed E-state index contributed by atoms with van der Waals surface area (Å²) in [7, 11) is -2.96. The van der Waals surface area contributed by atoms with Crippen LogP contribution in [0.15, 0.2) is 42.6 Å². The molecule has 1 atom stereocenters. The van der Waals surface area contributed by atoms with Crippen molar-refractivity contribution in [3.63, 3.8) is 0 Å². The third-order valence-electron chi connectivity index (χ3n) is 4.58. The monoisotopic (exact) mass is 387 g/mol. The molecule has 2 heterocycles. The molecule has 1 unspecified atom stereocenters. The number of sulfone groups is 1. The van der Waals surface area contributed by atoms with Crippen molar-refractivity contribution in [2.45, 2.75) is 38.6 Å². The van der Waals surface area contributed by atoms with Gasteiger partial charge in [0.25, 0.3) is 5.91 Å². The van der Waals surface area contributed by atoms with Crippen molar-refractivity contribution in [2.24, 2.45) is 0 Å². The average molecular weight is 388 g/mol. The molecule has 144 valence electrons. The van der Waals surface area contributed by atoms with Crippen molar-refractivity contribution in [2.75, 3.05) is 22.1 Å². The number of pyridine rings is 1. The Morgan fingerprint density at radius 2 is 1.93 bits per heavy atom. The zero-order valence-corrected chi connectivity index (χ0v) is 16.6. The van der Waals surface area contributed by atoms with E-state index in [4.69, 9.17) is 0 Å². The molecule has 2 N–H and O–H groups in total. The van der Waals surface area contributed by atoms with Gasteiger partial charge in [0.15, 0.2) is 9.84 Å². The number of hydrogen-bond donors (Lipinski definition) is 2. The van der Waals surface area contributed by atoms with Gasteiger partial charge in [0.2, 0.25) is 0 Å². The number of nitrogens with zero attached hydrogens (tertiary/aromatic N) is 1. The van der Waals surface area contributed by atoms with Gasteiger partial charge in [-0.1, -0.05) is 39.0 Å². The molecular formula is C20H25N3O3S. The van der Waals surface area contributed by atoms with Gasteiger partial charge in [-0.15, -0.1) is 0 Å². The Morgan fingerprint density at radius 3 is 2.59 bits per heavy atom. The van der Waals surface area contributed by atoms with Crippen molar-refractivity contribution in [1.29, 1.82) is 0 Å². The highest BCUT2D eigenvalue weighted by atomic mass is 32.2. The van der Waals surface area contributed by atoms with Gasteiger partial charge in [0, 0.05) is 23.6 Å². The van der Waals surface area contributed by atoms with Gasteiger partial charge in [0.05, 0.1) is 11.5 Å². The summed E-state index contributed by atoms with van der Waals surface area (Å²) in [5.74, 6) is 0.0251. The molecule has 0 radical (unpaired) electrons. The lowest BCUT2D eigenvalue weighted by Crippen LogP contribution is -2.22. The Hall–Kier alpha value is -2.41. The highest BCUT2D eigenvalue weighted by molar-refractivity contribution is 7.91. The van der Waals surface area contributed by atoms with E-state index in [0.717, 1.165) is 11.3 Å². The Labute approximate surface area is 160 Å². The standard InChI is InChI=1S/C20H25N3O3S/c1-20(2,3)16-6-4-5-7-17(16)23-19(24)18-12-14(8-10-21-18)22-15-9-11-27(25,26)13-15/h4-8,10,12,15H,9,11,13H2,1-3H3,(H,21,22)(H,23,24). The van der Waals surface area contributed by atoms with Crippen LogP contribution in [0.25, 0.3) is 0 Å². The van der Waals surface area contributed by atoms with Crippen molar-refractivity contribution in [3.8, 4) is 0 Å². The van der Waals surface area contributed by atoms with Gasteiger partial charge >= 0.3 is 0 Å². The molecule has 0 aliphatic carbocycles. The molecule has 0 spiro atoms. The number of aromatic nitrogens is 1. The second-order valence-electron chi connectivity index (χ2n) is 7.92. The summed E-state index contributed by atoms with van der Waals surface area (Å²) in [6, 6.07) is 11.0. The van der Waals surface area contributed by atoms with Gasteiger partial charge in [-0.2, -0.15) is 0 Å². The number of amides is 1. The van der Waals surface area contributed by atoms with Crippen LogP contribution in [-0.4, -0.2) is 36.9 Å². The minimum Gasteiger partial charge on any atom is -0.381 e. The van der Waals surface area contributed by atoms with E-state index in [9.17, 15) is 13.2 Å². The van der Waals surface area contributed by atoms with E-state index in [0.29, 0.717) is 12.1 Å². The van der Waals surface area contributed by atoms with Crippen molar-refractivity contribution in [1.82, 2.24) is 4.98 Å². The Balaban J connectivity index is 1.75. The minimum absolute atomic E-state index is 0.103. The van der Waals surface area contributed by atoms with Crippen LogP contribution in [0.5, 0.6) is 0 Å². The summed E-state index contributed by atoms with van der Waals surface area (Å²) in [5.41, 5.74) is 2.68. The van der Waals surface area contributed by atoms with E-state index in [1.165, 1.54) is 0 Å². The fourth-order valence-corrected chi connectivity index (χ4v) is 4.89. The highest BCUT2D eigenvalue weighted by Gasteiger charge is 2.27. The molecule has 1 aromatic carbocycles. The first kappa shape index (κ1) is 19.4. The topological polar surface area (TPSA) is 88.2 Å². The van der Waals surface area contributed by atoms with E-state index in [1.54, 1.807) is 18.3 Å². The van der Waals surface area contributed by atoms with Crippen LogP contribution in [0, 0.1) is 0 Å². The molecule has 0 bridgehead atoms. The van der Waals surface area contributed by atoms with Crippen LogP contribution >= 0.6 is 0 Å². The molecule has 1 aromatic heterocycles. The second-order valence-corrected chi connectivity index (χ2v) is 10.2. The summed E-state index contributed by atoms with van der Waals surface area (Å²) in [6.07, 6.45) is 2.13. The normalized spacial score (nSPS) is 18.9. The number of anilines is 2. The first-order valence-electron chi connectivity index (χ1n) is 8.98. The molecule has 6 nitrogen and oxygen atoms in total. The number of hydrogen-bond acceptors (Lipinski definition) is 5. The fourth-order valence-electron chi connectivity index (χ4n) is 3.22. The number of rotatable bonds is 4. The van der Waals surface area contributed by atoms with Crippen LogP contribution in [0.2, 0.25) is 0 Å². The largest absolute Gasteiger partial charge is 0.381 e. The molecule has 7 heteroatoms. The molecule has 3 rings (SSSR count). The SMILES string of the molecule is CC(C)(C)c1ccccc1NC(=O)c1cc(NC2CCS(=O)(=O)C2)ccn1. The van der Waals surface area contributed by atoms with E-state index in [2.05, 4.69) is 36.4 Å². The minimum atomic E-state index is -2.96. The van der Waals surface area contributed by atoms with Crippen LogP contribution in [0.1, 0.15) is 43.2 Å². The van der Waals surface area contributed by atoms with Gasteiger partial charge in [-0.3, -0.25) is 9.78 Å². The number of benzene rings is 1. The average Bonchev–Trinajstić information content (AvgIpc) is 2.93. The van der Waals surface area contributed by atoms with E-state index >= 15 is 0 Å². The maximum atomic E-state index is 12.7. The molecule has 2 aromatic rings. The van der Waals surface area contributed by atoms with Gasteiger partial charge in [-0.25, -0.2) is 8.42 Å².